The second-order valence-electron chi connectivity index (χ2n) is 10.4. The van der Waals surface area contributed by atoms with Crippen LogP contribution < -0.4 is 10.1 Å². The molecule has 36 heavy (non-hydrogen) atoms. The van der Waals surface area contributed by atoms with Crippen LogP contribution in [0.2, 0.25) is 0 Å². The molecule has 2 aliphatic rings. The molecular weight excluding hydrogens is 462 g/mol. The van der Waals surface area contributed by atoms with Crippen molar-refractivity contribution in [2.45, 2.75) is 83.4 Å². The summed E-state index contributed by atoms with van der Waals surface area (Å²) in [6, 6.07) is 6.83. The number of allylic oxidation sites excluding steroid dienone is 1. The minimum Gasteiger partial charge on any atom is -0.493 e. The molecule has 0 saturated heterocycles. The molecule has 0 spiro atoms. The van der Waals surface area contributed by atoms with Crippen molar-refractivity contribution in [3.63, 3.8) is 0 Å². The number of rotatable bonds is 8. The Kier molecular flexibility index (Phi) is 8.43. The molecule has 3 atom stereocenters. The molecule has 3 rings (SSSR count). The normalized spacial score (nSPS) is 23.7. The van der Waals surface area contributed by atoms with Gasteiger partial charge in [-0.25, -0.2) is 9.79 Å². The molecule has 2 heterocycles. The predicted molar refractivity (Wildman–Crippen MR) is 136 cm³/mol. The Bertz CT molecular complexity index is 1030. The zero-order valence-electron chi connectivity index (χ0n) is 21.6. The van der Waals surface area contributed by atoms with E-state index in [1.165, 1.54) is 4.90 Å². The van der Waals surface area contributed by atoms with Gasteiger partial charge >= 0.3 is 12.1 Å². The van der Waals surface area contributed by atoms with Crippen molar-refractivity contribution in [3.8, 4) is 5.75 Å². The molecule has 0 saturated carbocycles. The second kappa shape index (κ2) is 11.1. The van der Waals surface area contributed by atoms with Gasteiger partial charge in [-0.15, -0.1) is 6.58 Å². The number of nitrogens with zero attached hydrogens (tertiary/aromatic N) is 2. The molecule has 9 nitrogen and oxygen atoms in total. The number of benzene rings is 1. The van der Waals surface area contributed by atoms with Crippen molar-refractivity contribution in [2.24, 2.45) is 10.9 Å². The van der Waals surface area contributed by atoms with E-state index >= 15 is 0 Å². The standard InChI is InChI=1S/C27H37N3O6/c1-6-8-15-27(7-2)16-21(31)30(24(29-27)28-25(34)36-26(3,4)5)23-18(13-14-22(32)33)17-35-20-12-10-9-11-19(20)23/h6,9-12,18,23H,1,7-8,13-17H2,2-5H3,(H,32,33)(H,28,29,34)/t18-,23?,27-/m1/s1. The van der Waals surface area contributed by atoms with Gasteiger partial charge < -0.3 is 14.6 Å². The highest BCUT2D eigenvalue weighted by atomic mass is 16.6. The number of carboxylic acids is 1. The highest BCUT2D eigenvalue weighted by molar-refractivity contribution is 6.05. The SMILES string of the molecule is C=CCC[C@]1(CC)CC(=O)N(C2c3ccccc3OC[C@H]2CCC(=O)O)C(NC(=O)OC(C)(C)C)=N1. The van der Waals surface area contributed by atoms with Crippen LogP contribution in [0.25, 0.3) is 0 Å². The van der Waals surface area contributed by atoms with Gasteiger partial charge in [0.1, 0.15) is 11.4 Å². The van der Waals surface area contributed by atoms with Crippen LogP contribution in [-0.4, -0.2) is 51.7 Å². The Labute approximate surface area is 212 Å². The first kappa shape index (κ1) is 27.2. The molecule has 0 aromatic heterocycles. The average molecular weight is 500 g/mol. The number of carboxylic acid groups (broad SMARTS) is 1. The van der Waals surface area contributed by atoms with Gasteiger partial charge in [-0.2, -0.15) is 0 Å². The quantitative estimate of drug-likeness (QED) is 0.495. The van der Waals surface area contributed by atoms with Gasteiger partial charge in [0.05, 0.1) is 24.6 Å². The first-order chi connectivity index (χ1) is 17.0. The minimum atomic E-state index is -0.923. The third kappa shape index (κ3) is 6.44. The maximum absolute atomic E-state index is 13.9. The summed E-state index contributed by atoms with van der Waals surface area (Å²) in [4.78, 5) is 44.6. The van der Waals surface area contributed by atoms with Gasteiger partial charge in [0.2, 0.25) is 11.9 Å². The number of carbonyl (C=O) groups excluding carboxylic acids is 2. The molecule has 196 valence electrons. The number of alkyl carbamates (subject to hydrolysis) is 1. The number of para-hydroxylation sites is 1. The first-order valence-electron chi connectivity index (χ1n) is 12.4. The number of aliphatic imine (C=N–C) groups is 1. The fourth-order valence-electron chi connectivity index (χ4n) is 4.77. The van der Waals surface area contributed by atoms with Crippen LogP contribution >= 0.6 is 0 Å². The third-order valence-corrected chi connectivity index (χ3v) is 6.55. The number of nitrogens with one attached hydrogen (secondary N) is 1. The molecule has 0 fully saturated rings. The van der Waals surface area contributed by atoms with E-state index in [0.29, 0.717) is 31.4 Å². The van der Waals surface area contributed by atoms with Crippen molar-refractivity contribution in [2.75, 3.05) is 6.61 Å². The van der Waals surface area contributed by atoms with E-state index in [4.69, 9.17) is 14.5 Å². The van der Waals surface area contributed by atoms with Gasteiger partial charge in [-0.1, -0.05) is 31.2 Å². The van der Waals surface area contributed by atoms with E-state index < -0.39 is 29.2 Å². The number of amides is 2. The summed E-state index contributed by atoms with van der Waals surface area (Å²) in [5.41, 5.74) is -0.678. The zero-order chi connectivity index (χ0) is 26.5. The maximum Gasteiger partial charge on any atom is 0.414 e. The maximum atomic E-state index is 13.9. The number of hydrogen-bond donors (Lipinski definition) is 2. The van der Waals surface area contributed by atoms with Crippen LogP contribution in [0.1, 0.15) is 77.8 Å². The lowest BCUT2D eigenvalue weighted by Gasteiger charge is -2.45. The van der Waals surface area contributed by atoms with E-state index in [9.17, 15) is 19.5 Å². The number of carbonyl (C=O) groups is 3. The molecule has 1 aromatic carbocycles. The van der Waals surface area contributed by atoms with E-state index in [2.05, 4.69) is 11.9 Å². The molecule has 1 unspecified atom stereocenters. The number of fused-ring (bicyclic) bond motifs is 1. The van der Waals surface area contributed by atoms with E-state index in [-0.39, 0.29) is 37.2 Å². The van der Waals surface area contributed by atoms with Crippen LogP contribution in [0.3, 0.4) is 0 Å². The summed E-state index contributed by atoms with van der Waals surface area (Å²) in [6.45, 7) is 11.3. The summed E-state index contributed by atoms with van der Waals surface area (Å²) in [5, 5.41) is 12.1. The highest BCUT2D eigenvalue weighted by Gasteiger charge is 2.46. The van der Waals surface area contributed by atoms with Crippen molar-refractivity contribution in [3.05, 3.63) is 42.5 Å². The largest absolute Gasteiger partial charge is 0.493 e. The van der Waals surface area contributed by atoms with Crippen LogP contribution in [-0.2, 0) is 14.3 Å². The average Bonchev–Trinajstić information content (AvgIpc) is 2.80. The van der Waals surface area contributed by atoms with Crippen LogP contribution in [0.4, 0.5) is 4.79 Å². The van der Waals surface area contributed by atoms with Gasteiger partial charge in [-0.05, 0) is 52.5 Å². The van der Waals surface area contributed by atoms with Crippen molar-refractivity contribution < 1.29 is 29.0 Å². The summed E-state index contributed by atoms with van der Waals surface area (Å²) in [7, 11) is 0. The van der Waals surface area contributed by atoms with E-state index in [1.54, 1.807) is 26.8 Å². The molecule has 0 bridgehead atoms. The smallest absolute Gasteiger partial charge is 0.414 e. The molecule has 9 heteroatoms. The fourth-order valence-corrected chi connectivity index (χ4v) is 4.77. The lowest BCUT2D eigenvalue weighted by molar-refractivity contribution is -0.137. The summed E-state index contributed by atoms with van der Waals surface area (Å²) in [6.07, 6.45) is 3.37. The van der Waals surface area contributed by atoms with Crippen LogP contribution in [0, 0.1) is 5.92 Å². The summed E-state index contributed by atoms with van der Waals surface area (Å²) < 4.78 is 11.4. The minimum absolute atomic E-state index is 0.0705. The van der Waals surface area contributed by atoms with Gasteiger partial charge in [-0.3, -0.25) is 19.8 Å². The first-order valence-corrected chi connectivity index (χ1v) is 12.4. The van der Waals surface area contributed by atoms with Crippen LogP contribution in [0.15, 0.2) is 41.9 Å². The predicted octanol–water partition coefficient (Wildman–Crippen LogP) is 4.83. The molecule has 2 N–H and O–H groups in total. The van der Waals surface area contributed by atoms with Gasteiger partial charge in [0, 0.05) is 17.9 Å². The Morgan fingerprint density at radius 2 is 2.08 bits per heavy atom. The summed E-state index contributed by atoms with van der Waals surface area (Å²) >= 11 is 0. The number of hydrogen-bond acceptors (Lipinski definition) is 6. The number of guanidine groups is 1. The van der Waals surface area contributed by atoms with E-state index in [0.717, 1.165) is 5.56 Å². The van der Waals surface area contributed by atoms with E-state index in [1.807, 2.05) is 31.2 Å². The monoisotopic (exact) mass is 499 g/mol. The molecule has 0 radical (unpaired) electrons. The van der Waals surface area contributed by atoms with Crippen molar-refractivity contribution >= 4 is 23.9 Å². The van der Waals surface area contributed by atoms with Gasteiger partial charge in [0.25, 0.3) is 0 Å². The third-order valence-electron chi connectivity index (χ3n) is 6.55. The lowest BCUT2D eigenvalue weighted by atomic mass is 9.82. The number of ether oxygens (including phenoxy) is 2. The second-order valence-corrected chi connectivity index (χ2v) is 10.4. The molecule has 2 amide bonds. The zero-order valence-corrected chi connectivity index (χ0v) is 21.6. The van der Waals surface area contributed by atoms with Crippen LogP contribution in [0.5, 0.6) is 5.75 Å². The topological polar surface area (TPSA) is 118 Å². The highest BCUT2D eigenvalue weighted by Crippen LogP contribution is 2.44. The molecule has 1 aromatic rings. The van der Waals surface area contributed by atoms with Crippen molar-refractivity contribution in [1.29, 1.82) is 0 Å². The Hall–Kier alpha value is -3.36. The Balaban J connectivity index is 2.09. The Morgan fingerprint density at radius 3 is 2.72 bits per heavy atom. The summed E-state index contributed by atoms with van der Waals surface area (Å²) in [5.74, 6) is -0.685. The molecule has 2 aliphatic heterocycles. The molecule has 0 aliphatic carbocycles. The van der Waals surface area contributed by atoms with Gasteiger partial charge in [0.15, 0.2) is 0 Å². The Morgan fingerprint density at radius 1 is 1.36 bits per heavy atom. The van der Waals surface area contributed by atoms with Crippen molar-refractivity contribution in [1.82, 2.24) is 10.2 Å². The fraction of sp³-hybridized carbons (Fsp3) is 0.556. The molecular formula is C27H37N3O6. The lowest BCUT2D eigenvalue weighted by Crippen LogP contribution is -2.57. The number of aliphatic carboxylic acids is 1.